The summed E-state index contributed by atoms with van der Waals surface area (Å²) in [6.07, 6.45) is 3.90. The number of carbonyl (C=O) groups is 1. The maximum atomic E-state index is 11.0. The van der Waals surface area contributed by atoms with Crippen LogP contribution < -0.4 is 5.32 Å². The summed E-state index contributed by atoms with van der Waals surface area (Å²) in [5, 5.41) is 3.44. The number of rotatable bonds is 4. The van der Waals surface area contributed by atoms with E-state index in [1.54, 1.807) is 0 Å². The van der Waals surface area contributed by atoms with Crippen molar-refractivity contribution in [2.75, 3.05) is 6.61 Å². The molecule has 0 spiro atoms. The SMILES string of the molecule is CCOC(=O)CC[C@@H]1CC[C@H](C)N1. The van der Waals surface area contributed by atoms with E-state index in [1.807, 2.05) is 6.92 Å². The van der Waals surface area contributed by atoms with Crippen molar-refractivity contribution in [1.29, 1.82) is 0 Å². The smallest absolute Gasteiger partial charge is 0.305 e. The van der Waals surface area contributed by atoms with E-state index in [2.05, 4.69) is 12.2 Å². The lowest BCUT2D eigenvalue weighted by atomic mass is 10.1. The molecule has 0 aromatic heterocycles. The molecule has 2 atom stereocenters. The first-order chi connectivity index (χ1) is 6.22. The molecule has 0 radical (unpaired) electrons. The van der Waals surface area contributed by atoms with Gasteiger partial charge in [0.1, 0.15) is 0 Å². The number of nitrogens with one attached hydrogen (secondary N) is 1. The third-order valence-electron chi connectivity index (χ3n) is 2.47. The molecule has 0 saturated carbocycles. The maximum absolute atomic E-state index is 11.0. The summed E-state index contributed by atoms with van der Waals surface area (Å²) in [7, 11) is 0. The Bertz CT molecular complexity index is 170. The average molecular weight is 185 g/mol. The molecule has 76 valence electrons. The highest BCUT2D eigenvalue weighted by Crippen LogP contribution is 2.15. The predicted molar refractivity (Wildman–Crippen MR) is 51.5 cm³/mol. The molecule has 1 aliphatic heterocycles. The van der Waals surface area contributed by atoms with Crippen LogP contribution in [-0.2, 0) is 9.53 Å². The van der Waals surface area contributed by atoms with Crippen LogP contribution in [0, 0.1) is 0 Å². The zero-order valence-electron chi connectivity index (χ0n) is 8.51. The molecule has 0 aromatic rings. The fourth-order valence-electron chi connectivity index (χ4n) is 1.77. The second kappa shape index (κ2) is 5.22. The van der Waals surface area contributed by atoms with Crippen molar-refractivity contribution in [1.82, 2.24) is 5.32 Å². The Hall–Kier alpha value is -0.570. The normalized spacial score (nSPS) is 27.5. The van der Waals surface area contributed by atoms with Crippen molar-refractivity contribution in [2.24, 2.45) is 0 Å². The lowest BCUT2D eigenvalue weighted by Gasteiger charge is -2.10. The zero-order valence-corrected chi connectivity index (χ0v) is 8.51. The molecular formula is C10H19NO2. The number of hydrogen-bond acceptors (Lipinski definition) is 3. The van der Waals surface area contributed by atoms with Crippen molar-refractivity contribution >= 4 is 5.97 Å². The molecule has 3 heteroatoms. The molecule has 0 amide bonds. The van der Waals surface area contributed by atoms with Gasteiger partial charge in [0.15, 0.2) is 0 Å². The summed E-state index contributed by atoms with van der Waals surface area (Å²) in [6.45, 7) is 4.52. The van der Waals surface area contributed by atoms with Crippen LogP contribution in [0.15, 0.2) is 0 Å². The molecule has 1 N–H and O–H groups in total. The summed E-state index contributed by atoms with van der Waals surface area (Å²) in [5.41, 5.74) is 0. The molecule has 0 unspecified atom stereocenters. The molecular weight excluding hydrogens is 166 g/mol. The van der Waals surface area contributed by atoms with Gasteiger partial charge in [0.25, 0.3) is 0 Å². The fraction of sp³-hybridized carbons (Fsp3) is 0.900. The summed E-state index contributed by atoms with van der Waals surface area (Å²) < 4.78 is 4.86. The fourth-order valence-corrected chi connectivity index (χ4v) is 1.77. The number of hydrogen-bond donors (Lipinski definition) is 1. The van der Waals surface area contributed by atoms with Gasteiger partial charge >= 0.3 is 5.97 Å². The van der Waals surface area contributed by atoms with Gasteiger partial charge < -0.3 is 10.1 Å². The standard InChI is InChI=1S/C10H19NO2/c1-3-13-10(12)7-6-9-5-4-8(2)11-9/h8-9,11H,3-7H2,1-2H3/t8-,9-/m0/s1. The van der Waals surface area contributed by atoms with Crippen LogP contribution >= 0.6 is 0 Å². The van der Waals surface area contributed by atoms with Crippen molar-refractivity contribution in [3.63, 3.8) is 0 Å². The number of carbonyl (C=O) groups excluding carboxylic acids is 1. The molecule has 0 aromatic carbocycles. The molecule has 3 nitrogen and oxygen atoms in total. The van der Waals surface area contributed by atoms with E-state index in [1.165, 1.54) is 12.8 Å². The number of esters is 1. The molecule has 1 saturated heterocycles. The van der Waals surface area contributed by atoms with Crippen molar-refractivity contribution < 1.29 is 9.53 Å². The van der Waals surface area contributed by atoms with Gasteiger partial charge in [-0.15, -0.1) is 0 Å². The quantitative estimate of drug-likeness (QED) is 0.674. The zero-order chi connectivity index (χ0) is 9.68. The van der Waals surface area contributed by atoms with Gasteiger partial charge in [-0.2, -0.15) is 0 Å². The second-order valence-corrected chi connectivity index (χ2v) is 3.69. The van der Waals surface area contributed by atoms with E-state index in [9.17, 15) is 4.79 Å². The minimum atomic E-state index is -0.0659. The van der Waals surface area contributed by atoms with Gasteiger partial charge in [-0.1, -0.05) is 0 Å². The molecule has 1 heterocycles. The van der Waals surface area contributed by atoms with E-state index in [-0.39, 0.29) is 5.97 Å². The summed E-state index contributed by atoms with van der Waals surface area (Å²) in [4.78, 5) is 11.0. The first-order valence-corrected chi connectivity index (χ1v) is 5.14. The first-order valence-electron chi connectivity index (χ1n) is 5.14. The Kier molecular flexibility index (Phi) is 4.22. The minimum Gasteiger partial charge on any atom is -0.466 e. The first kappa shape index (κ1) is 10.5. The Morgan fingerprint density at radius 1 is 1.54 bits per heavy atom. The maximum Gasteiger partial charge on any atom is 0.305 e. The highest BCUT2D eigenvalue weighted by molar-refractivity contribution is 5.69. The van der Waals surface area contributed by atoms with Gasteiger partial charge in [-0.25, -0.2) is 0 Å². The molecule has 1 fully saturated rings. The Morgan fingerprint density at radius 3 is 2.85 bits per heavy atom. The predicted octanol–water partition coefficient (Wildman–Crippen LogP) is 1.47. The molecule has 0 aliphatic carbocycles. The lowest BCUT2D eigenvalue weighted by molar-refractivity contribution is -0.143. The average Bonchev–Trinajstić information content (AvgIpc) is 2.49. The van der Waals surface area contributed by atoms with Gasteiger partial charge in [0, 0.05) is 18.5 Å². The minimum absolute atomic E-state index is 0.0659. The molecule has 1 rings (SSSR count). The van der Waals surface area contributed by atoms with Crippen LogP contribution in [-0.4, -0.2) is 24.7 Å². The van der Waals surface area contributed by atoms with Crippen LogP contribution in [0.5, 0.6) is 0 Å². The van der Waals surface area contributed by atoms with E-state index in [0.717, 1.165) is 6.42 Å². The summed E-state index contributed by atoms with van der Waals surface area (Å²) in [5.74, 6) is -0.0659. The van der Waals surface area contributed by atoms with Crippen LogP contribution in [0.25, 0.3) is 0 Å². The van der Waals surface area contributed by atoms with Crippen molar-refractivity contribution in [3.8, 4) is 0 Å². The Morgan fingerprint density at radius 2 is 2.31 bits per heavy atom. The van der Waals surface area contributed by atoms with Crippen molar-refractivity contribution in [3.05, 3.63) is 0 Å². The summed E-state index contributed by atoms with van der Waals surface area (Å²) in [6, 6.07) is 1.15. The van der Waals surface area contributed by atoms with Crippen molar-refractivity contribution in [2.45, 2.75) is 51.6 Å². The Balaban J connectivity index is 2.09. The van der Waals surface area contributed by atoms with Crippen LogP contribution in [0.2, 0.25) is 0 Å². The van der Waals surface area contributed by atoms with Gasteiger partial charge in [0.05, 0.1) is 6.61 Å². The molecule has 13 heavy (non-hydrogen) atoms. The van der Waals surface area contributed by atoms with E-state index >= 15 is 0 Å². The Labute approximate surface area is 79.8 Å². The van der Waals surface area contributed by atoms with Gasteiger partial charge in [0.2, 0.25) is 0 Å². The molecule has 0 bridgehead atoms. The monoisotopic (exact) mass is 185 g/mol. The third-order valence-corrected chi connectivity index (χ3v) is 2.47. The highest BCUT2D eigenvalue weighted by atomic mass is 16.5. The van der Waals surface area contributed by atoms with E-state index < -0.39 is 0 Å². The van der Waals surface area contributed by atoms with Crippen LogP contribution in [0.1, 0.15) is 39.5 Å². The van der Waals surface area contributed by atoms with Crippen LogP contribution in [0.3, 0.4) is 0 Å². The number of ether oxygens (including phenoxy) is 1. The van der Waals surface area contributed by atoms with Gasteiger partial charge in [-0.05, 0) is 33.1 Å². The topological polar surface area (TPSA) is 38.3 Å². The highest BCUT2D eigenvalue weighted by Gasteiger charge is 2.20. The van der Waals surface area contributed by atoms with Crippen LogP contribution in [0.4, 0.5) is 0 Å². The molecule has 1 aliphatic rings. The third kappa shape index (κ3) is 3.77. The largest absolute Gasteiger partial charge is 0.466 e. The van der Waals surface area contributed by atoms with E-state index in [0.29, 0.717) is 25.1 Å². The summed E-state index contributed by atoms with van der Waals surface area (Å²) >= 11 is 0. The van der Waals surface area contributed by atoms with E-state index in [4.69, 9.17) is 4.74 Å². The second-order valence-electron chi connectivity index (χ2n) is 3.69. The lowest BCUT2D eigenvalue weighted by Crippen LogP contribution is -2.27. The van der Waals surface area contributed by atoms with Gasteiger partial charge in [-0.3, -0.25) is 4.79 Å².